The largest absolute Gasteiger partial charge is 0.384 e. The molecule has 0 bridgehead atoms. The number of hydrogen-bond donors (Lipinski definition) is 3. The van der Waals surface area contributed by atoms with Crippen LogP contribution in [0, 0.1) is 11.3 Å². The molecule has 0 aliphatic heterocycles. The lowest BCUT2D eigenvalue weighted by Crippen LogP contribution is -2.15. The molecule has 0 spiro atoms. The molecule has 1 aromatic heterocycles. The highest BCUT2D eigenvalue weighted by Crippen LogP contribution is 2.25. The fourth-order valence-corrected chi connectivity index (χ4v) is 2.61. The van der Waals surface area contributed by atoms with E-state index in [1.807, 2.05) is 13.0 Å². The Bertz CT molecular complexity index is 732. The summed E-state index contributed by atoms with van der Waals surface area (Å²) >= 11 is 0. The van der Waals surface area contributed by atoms with Gasteiger partial charge in [-0.2, -0.15) is 13.7 Å². The van der Waals surface area contributed by atoms with Gasteiger partial charge in [0, 0.05) is 6.54 Å². The third-order valence-corrected chi connectivity index (χ3v) is 3.81. The third kappa shape index (κ3) is 2.89. The first-order valence-corrected chi connectivity index (χ1v) is 7.34. The molecule has 1 heterocycles. The Balaban J connectivity index is 2.39. The molecule has 2 aromatic rings. The number of sulfonamides is 1. The summed E-state index contributed by atoms with van der Waals surface area (Å²) in [5, 5.41) is 11.9. The van der Waals surface area contributed by atoms with Crippen molar-refractivity contribution in [1.29, 1.82) is 5.26 Å². The summed E-state index contributed by atoms with van der Waals surface area (Å²) in [5.41, 5.74) is 1.30. The van der Waals surface area contributed by atoms with Crippen LogP contribution in [0.25, 0.3) is 0 Å². The van der Waals surface area contributed by atoms with E-state index in [9.17, 15) is 8.42 Å². The van der Waals surface area contributed by atoms with Crippen LogP contribution in [0.3, 0.4) is 0 Å². The van der Waals surface area contributed by atoms with Gasteiger partial charge in [-0.15, -0.1) is 0 Å². The number of benzene rings is 1. The van der Waals surface area contributed by atoms with E-state index in [0.717, 1.165) is 0 Å². The molecule has 3 N–H and O–H groups in total. The van der Waals surface area contributed by atoms with Crippen molar-refractivity contribution >= 4 is 21.4 Å². The maximum Gasteiger partial charge on any atom is 0.279 e. The predicted molar refractivity (Wildman–Crippen MR) is 74.7 cm³/mol. The van der Waals surface area contributed by atoms with Crippen LogP contribution < -0.4 is 10.0 Å². The zero-order valence-corrected chi connectivity index (χ0v) is 11.5. The average Bonchev–Trinajstić information content (AvgIpc) is 2.95. The Kier molecular flexibility index (Phi) is 3.91. The highest BCUT2D eigenvalue weighted by atomic mass is 32.2. The first-order chi connectivity index (χ1) is 9.56. The first kappa shape index (κ1) is 13.9. The first-order valence-electron chi connectivity index (χ1n) is 5.86. The van der Waals surface area contributed by atoms with Crippen molar-refractivity contribution in [1.82, 2.24) is 9.97 Å². The maximum absolute atomic E-state index is 12.1. The lowest BCUT2D eigenvalue weighted by Gasteiger charge is -2.12. The second-order valence-electron chi connectivity index (χ2n) is 3.92. The summed E-state index contributed by atoms with van der Waals surface area (Å²) in [5.74, 6) is 0. The van der Waals surface area contributed by atoms with Crippen LogP contribution in [0.4, 0.5) is 11.4 Å². The lowest BCUT2D eigenvalue weighted by molar-refractivity contribution is 0.598. The summed E-state index contributed by atoms with van der Waals surface area (Å²) in [6, 6.07) is 6.73. The normalized spacial score (nSPS) is 10.8. The summed E-state index contributed by atoms with van der Waals surface area (Å²) < 4.78 is 26.7. The minimum absolute atomic E-state index is 0.0395. The number of nitrogens with one attached hydrogen (secondary N) is 3. The second kappa shape index (κ2) is 5.63. The number of nitriles is 1. The molecule has 104 valence electrons. The minimum Gasteiger partial charge on any atom is -0.384 e. The molecule has 0 atom stereocenters. The fraction of sp³-hybridized carbons (Fsp3) is 0.167. The number of aromatic nitrogens is 2. The Labute approximate surface area is 116 Å². The molecule has 0 fully saturated rings. The number of imidazole rings is 1. The lowest BCUT2D eigenvalue weighted by atomic mass is 10.2. The van der Waals surface area contributed by atoms with Gasteiger partial charge in [-0.1, -0.05) is 0 Å². The van der Waals surface area contributed by atoms with E-state index in [1.54, 1.807) is 12.1 Å². The molecule has 0 saturated heterocycles. The quantitative estimate of drug-likeness (QED) is 0.773. The van der Waals surface area contributed by atoms with E-state index in [4.69, 9.17) is 5.26 Å². The number of hydrogen-bond acceptors (Lipinski definition) is 5. The maximum atomic E-state index is 12.1. The van der Waals surface area contributed by atoms with E-state index in [0.29, 0.717) is 23.5 Å². The van der Waals surface area contributed by atoms with Crippen molar-refractivity contribution in [3.8, 4) is 6.07 Å². The van der Waals surface area contributed by atoms with Gasteiger partial charge in [0.05, 0.1) is 35.5 Å². The molecule has 0 unspecified atom stereocenters. The Hall–Kier alpha value is -2.53. The Morgan fingerprint density at radius 1 is 1.40 bits per heavy atom. The summed E-state index contributed by atoms with van der Waals surface area (Å²) in [6.45, 7) is 2.52. The molecule has 7 nitrogen and oxygen atoms in total. The van der Waals surface area contributed by atoms with Gasteiger partial charge in [-0.25, -0.2) is 4.98 Å². The van der Waals surface area contributed by atoms with Crippen molar-refractivity contribution in [2.45, 2.75) is 11.9 Å². The predicted octanol–water partition coefficient (Wildman–Crippen LogP) is 1.51. The van der Waals surface area contributed by atoms with E-state index in [-0.39, 0.29) is 5.03 Å². The molecule has 1 aromatic carbocycles. The number of rotatable bonds is 5. The van der Waals surface area contributed by atoms with Crippen molar-refractivity contribution < 1.29 is 8.42 Å². The van der Waals surface area contributed by atoms with Crippen LogP contribution in [-0.4, -0.2) is 24.9 Å². The van der Waals surface area contributed by atoms with Crippen LogP contribution in [0.15, 0.2) is 35.7 Å². The molecule has 0 aliphatic rings. The van der Waals surface area contributed by atoms with E-state index < -0.39 is 10.0 Å². The molecule has 0 aliphatic carbocycles. The van der Waals surface area contributed by atoms with Crippen LogP contribution in [-0.2, 0) is 10.0 Å². The van der Waals surface area contributed by atoms with Gasteiger partial charge < -0.3 is 10.3 Å². The van der Waals surface area contributed by atoms with Gasteiger partial charge in [0.1, 0.15) is 0 Å². The zero-order valence-electron chi connectivity index (χ0n) is 10.7. The standard InChI is InChI=1S/C12H13N5O2S/c1-2-15-10-4-3-9(6-13)5-11(10)17-20(18,19)12-7-14-8-16-12/h3-5,7-8,15,17H,2H2,1H3,(H,14,16). The van der Waals surface area contributed by atoms with Crippen LogP contribution >= 0.6 is 0 Å². The minimum atomic E-state index is -3.75. The van der Waals surface area contributed by atoms with Crippen LogP contribution in [0.1, 0.15) is 12.5 Å². The van der Waals surface area contributed by atoms with E-state index in [1.165, 1.54) is 18.6 Å². The number of H-pyrrole nitrogens is 1. The highest BCUT2D eigenvalue weighted by molar-refractivity contribution is 7.92. The number of anilines is 2. The summed E-state index contributed by atoms with van der Waals surface area (Å²) in [7, 11) is -3.75. The highest BCUT2D eigenvalue weighted by Gasteiger charge is 2.17. The SMILES string of the molecule is CCNc1ccc(C#N)cc1NS(=O)(=O)c1cnc[nH]1. The average molecular weight is 291 g/mol. The number of nitrogens with zero attached hydrogens (tertiary/aromatic N) is 2. The smallest absolute Gasteiger partial charge is 0.279 e. The zero-order chi connectivity index (χ0) is 14.6. The van der Waals surface area contributed by atoms with Crippen molar-refractivity contribution in [2.24, 2.45) is 0 Å². The molecular weight excluding hydrogens is 278 g/mol. The fourth-order valence-electron chi connectivity index (χ4n) is 1.63. The van der Waals surface area contributed by atoms with Gasteiger partial charge in [0.25, 0.3) is 10.0 Å². The molecule has 20 heavy (non-hydrogen) atoms. The van der Waals surface area contributed by atoms with Gasteiger partial charge in [0.2, 0.25) is 0 Å². The van der Waals surface area contributed by atoms with Crippen LogP contribution in [0.2, 0.25) is 0 Å². The summed E-state index contributed by atoms with van der Waals surface area (Å²) in [4.78, 5) is 6.21. The van der Waals surface area contributed by atoms with E-state index in [2.05, 4.69) is 20.0 Å². The molecule has 8 heteroatoms. The number of aromatic amines is 1. The molecule has 0 amide bonds. The van der Waals surface area contributed by atoms with Crippen molar-refractivity contribution in [2.75, 3.05) is 16.6 Å². The van der Waals surface area contributed by atoms with Crippen LogP contribution in [0.5, 0.6) is 0 Å². The second-order valence-corrected chi connectivity index (χ2v) is 5.57. The molecule has 2 rings (SSSR count). The van der Waals surface area contributed by atoms with Gasteiger partial charge >= 0.3 is 0 Å². The van der Waals surface area contributed by atoms with Crippen molar-refractivity contribution in [3.05, 3.63) is 36.3 Å². The summed E-state index contributed by atoms with van der Waals surface area (Å²) in [6.07, 6.45) is 2.49. The van der Waals surface area contributed by atoms with Gasteiger partial charge in [0.15, 0.2) is 5.03 Å². The molecular formula is C12H13N5O2S. The van der Waals surface area contributed by atoms with Crippen molar-refractivity contribution in [3.63, 3.8) is 0 Å². The third-order valence-electron chi connectivity index (χ3n) is 2.52. The van der Waals surface area contributed by atoms with Gasteiger partial charge in [-0.3, -0.25) is 4.72 Å². The Morgan fingerprint density at radius 3 is 2.80 bits per heavy atom. The molecule has 0 radical (unpaired) electrons. The van der Waals surface area contributed by atoms with E-state index >= 15 is 0 Å². The van der Waals surface area contributed by atoms with Gasteiger partial charge in [-0.05, 0) is 25.1 Å². The monoisotopic (exact) mass is 291 g/mol. The molecule has 0 saturated carbocycles. The topological polar surface area (TPSA) is 111 Å². The Morgan fingerprint density at radius 2 is 2.20 bits per heavy atom.